The number of aliphatic hydroxyl groups is 1. The number of nitrogens with zero attached hydrogens (tertiary/aromatic N) is 2. The number of benzene rings is 1. The Bertz CT molecular complexity index is 814. The number of β-amino-alcohol motifs (C(OH)–C–C–N with tert-alkyl or cyclic N) is 1. The Kier molecular flexibility index (Phi) is 3.71. The summed E-state index contributed by atoms with van der Waals surface area (Å²) >= 11 is 0. The molecule has 4 heterocycles. The van der Waals surface area contributed by atoms with Crippen molar-refractivity contribution in [1.82, 2.24) is 9.80 Å². The van der Waals surface area contributed by atoms with E-state index in [-0.39, 0.29) is 17.9 Å². The van der Waals surface area contributed by atoms with Crippen molar-refractivity contribution in [2.45, 2.75) is 31.2 Å². The van der Waals surface area contributed by atoms with Crippen molar-refractivity contribution >= 4 is 11.8 Å². The number of aryl methyl sites for hydroxylation is 1. The van der Waals surface area contributed by atoms with Gasteiger partial charge in [-0.15, -0.1) is 0 Å². The number of aliphatic hydroxyl groups excluding tert-OH is 1. The van der Waals surface area contributed by atoms with E-state index >= 15 is 0 Å². The molecular formula is C21H24N2O4. The number of ether oxygens (including phenoxy) is 1. The quantitative estimate of drug-likeness (QED) is 0.787. The topological polar surface area (TPSA) is 70.1 Å². The van der Waals surface area contributed by atoms with Crippen LogP contribution < -0.4 is 0 Å². The number of likely N-dealkylation sites (tertiary alicyclic amines) is 2. The second-order valence-electron chi connectivity index (χ2n) is 8.29. The second kappa shape index (κ2) is 5.91. The van der Waals surface area contributed by atoms with Gasteiger partial charge in [-0.25, -0.2) is 0 Å². The van der Waals surface area contributed by atoms with Crippen molar-refractivity contribution in [2.75, 3.05) is 26.2 Å². The molecule has 2 amide bonds. The largest absolute Gasteiger partial charge is 0.389 e. The zero-order valence-corrected chi connectivity index (χ0v) is 15.4. The fraction of sp³-hybridized carbons (Fsp3) is 0.524. The summed E-state index contributed by atoms with van der Waals surface area (Å²) in [5, 5.41) is 9.50. The predicted molar refractivity (Wildman–Crippen MR) is 97.8 cm³/mol. The lowest BCUT2D eigenvalue weighted by atomic mass is 9.76. The summed E-state index contributed by atoms with van der Waals surface area (Å²) in [5.41, 5.74) is 1.77. The van der Waals surface area contributed by atoms with Crippen molar-refractivity contribution in [2.24, 2.45) is 11.8 Å². The fourth-order valence-corrected chi connectivity index (χ4v) is 4.91. The van der Waals surface area contributed by atoms with Crippen molar-refractivity contribution in [1.29, 1.82) is 0 Å². The predicted octanol–water partition coefficient (Wildman–Crippen LogP) is 0.523. The Morgan fingerprint density at radius 2 is 2.04 bits per heavy atom. The molecule has 1 N–H and O–H groups in total. The number of rotatable bonds is 4. The van der Waals surface area contributed by atoms with Crippen LogP contribution in [0.5, 0.6) is 0 Å². The summed E-state index contributed by atoms with van der Waals surface area (Å²) in [6.07, 6.45) is 3.96. The van der Waals surface area contributed by atoms with Crippen LogP contribution in [0.1, 0.15) is 11.1 Å². The van der Waals surface area contributed by atoms with Gasteiger partial charge >= 0.3 is 0 Å². The summed E-state index contributed by atoms with van der Waals surface area (Å²) < 4.78 is 6.15. The summed E-state index contributed by atoms with van der Waals surface area (Å²) in [4.78, 5) is 29.5. The molecule has 6 nitrogen and oxygen atoms in total. The lowest BCUT2D eigenvalue weighted by Gasteiger charge is -2.39. The molecule has 0 aromatic heterocycles. The van der Waals surface area contributed by atoms with Gasteiger partial charge in [0.25, 0.3) is 0 Å². The highest BCUT2D eigenvalue weighted by Crippen LogP contribution is 2.52. The molecule has 3 fully saturated rings. The first-order valence-corrected chi connectivity index (χ1v) is 9.65. The average Bonchev–Trinajstić information content (AvgIpc) is 3.26. The number of hydrogen-bond donors (Lipinski definition) is 1. The maximum absolute atomic E-state index is 13.1. The van der Waals surface area contributed by atoms with Crippen LogP contribution >= 0.6 is 0 Å². The zero-order chi connectivity index (χ0) is 18.8. The first-order valence-electron chi connectivity index (χ1n) is 9.65. The SMILES string of the molecule is Cc1ccc(CCN2C[C@]34C=C[C@H](O3)[C@H](C(=O)N3CC(O)C3)[C@H]4C2=O)cc1. The zero-order valence-electron chi connectivity index (χ0n) is 15.4. The molecule has 142 valence electrons. The normalized spacial score (nSPS) is 34.3. The van der Waals surface area contributed by atoms with E-state index in [9.17, 15) is 14.7 Å². The molecule has 0 unspecified atom stereocenters. The number of fused-ring (bicyclic) bond motifs is 1. The lowest BCUT2D eigenvalue weighted by molar-refractivity contribution is -0.151. The molecule has 2 bridgehead atoms. The van der Waals surface area contributed by atoms with Gasteiger partial charge in [0.2, 0.25) is 11.8 Å². The minimum Gasteiger partial charge on any atom is -0.389 e. The lowest BCUT2D eigenvalue weighted by Crippen LogP contribution is -2.57. The minimum absolute atomic E-state index is 0.0217. The van der Waals surface area contributed by atoms with E-state index in [0.29, 0.717) is 26.2 Å². The van der Waals surface area contributed by atoms with Gasteiger partial charge in [-0.1, -0.05) is 42.0 Å². The summed E-state index contributed by atoms with van der Waals surface area (Å²) in [5.74, 6) is -0.932. The van der Waals surface area contributed by atoms with E-state index in [1.54, 1.807) is 4.90 Å². The summed E-state index contributed by atoms with van der Waals surface area (Å²) in [6, 6.07) is 8.35. The van der Waals surface area contributed by atoms with E-state index in [2.05, 4.69) is 31.2 Å². The maximum Gasteiger partial charge on any atom is 0.230 e. The van der Waals surface area contributed by atoms with Crippen molar-refractivity contribution in [3.05, 3.63) is 47.5 Å². The molecule has 27 heavy (non-hydrogen) atoms. The van der Waals surface area contributed by atoms with E-state index in [0.717, 1.165) is 6.42 Å². The highest BCUT2D eigenvalue weighted by Gasteiger charge is 2.67. The molecule has 0 saturated carbocycles. The maximum atomic E-state index is 13.1. The standard InChI is InChI=1S/C21H24N2O4/c1-13-2-4-14(5-3-13)7-9-22-12-21-8-6-16(27-21)17(18(21)20(22)26)19(25)23-10-15(24)11-23/h2-6,8,15-18,24H,7,9-12H2,1H3/t16-,17-,18-,21-/m0/s1. The van der Waals surface area contributed by atoms with Crippen LogP contribution in [0.4, 0.5) is 0 Å². The molecule has 1 aromatic rings. The fourth-order valence-electron chi connectivity index (χ4n) is 4.91. The van der Waals surface area contributed by atoms with Gasteiger partial charge in [0, 0.05) is 19.6 Å². The molecule has 4 atom stereocenters. The van der Waals surface area contributed by atoms with Gasteiger partial charge in [-0.2, -0.15) is 0 Å². The molecule has 4 aliphatic rings. The smallest absolute Gasteiger partial charge is 0.230 e. The Hall–Kier alpha value is -2.18. The first-order chi connectivity index (χ1) is 13.0. The van der Waals surface area contributed by atoms with Gasteiger partial charge in [0.05, 0.1) is 30.6 Å². The van der Waals surface area contributed by atoms with Crippen LogP contribution in [0.2, 0.25) is 0 Å². The Balaban J connectivity index is 1.32. The number of carbonyl (C=O) groups is 2. The summed E-state index contributed by atoms with van der Waals surface area (Å²) in [6.45, 7) is 3.92. The minimum atomic E-state index is -0.654. The van der Waals surface area contributed by atoms with Crippen LogP contribution in [-0.2, 0) is 20.7 Å². The van der Waals surface area contributed by atoms with Crippen LogP contribution in [0, 0.1) is 18.8 Å². The first kappa shape index (κ1) is 17.0. The van der Waals surface area contributed by atoms with Crippen LogP contribution in [-0.4, -0.2) is 70.7 Å². The highest BCUT2D eigenvalue weighted by molar-refractivity contribution is 5.93. The molecule has 6 heteroatoms. The van der Waals surface area contributed by atoms with Gasteiger partial charge in [0.15, 0.2) is 0 Å². The van der Waals surface area contributed by atoms with Gasteiger partial charge in [-0.05, 0) is 18.9 Å². The molecule has 1 aromatic carbocycles. The van der Waals surface area contributed by atoms with E-state index in [1.807, 2.05) is 17.1 Å². The third-order valence-corrected chi connectivity index (χ3v) is 6.43. The average molecular weight is 368 g/mol. The van der Waals surface area contributed by atoms with E-state index in [1.165, 1.54) is 11.1 Å². The third-order valence-electron chi connectivity index (χ3n) is 6.43. The molecule has 3 saturated heterocycles. The molecule has 0 aliphatic carbocycles. The second-order valence-corrected chi connectivity index (χ2v) is 8.29. The van der Waals surface area contributed by atoms with Gasteiger partial charge in [-0.3, -0.25) is 9.59 Å². The van der Waals surface area contributed by atoms with Crippen molar-refractivity contribution in [3.63, 3.8) is 0 Å². The Morgan fingerprint density at radius 1 is 1.30 bits per heavy atom. The molecule has 4 aliphatic heterocycles. The van der Waals surface area contributed by atoms with Gasteiger partial charge in [0.1, 0.15) is 5.60 Å². The Morgan fingerprint density at radius 3 is 2.74 bits per heavy atom. The van der Waals surface area contributed by atoms with Crippen molar-refractivity contribution in [3.8, 4) is 0 Å². The van der Waals surface area contributed by atoms with Crippen LogP contribution in [0.3, 0.4) is 0 Å². The third kappa shape index (κ3) is 2.54. The molecule has 1 spiro atoms. The molecular weight excluding hydrogens is 344 g/mol. The van der Waals surface area contributed by atoms with Crippen molar-refractivity contribution < 1.29 is 19.4 Å². The van der Waals surface area contributed by atoms with Crippen LogP contribution in [0.15, 0.2) is 36.4 Å². The van der Waals surface area contributed by atoms with Crippen LogP contribution in [0.25, 0.3) is 0 Å². The molecule has 5 rings (SSSR count). The number of amides is 2. The van der Waals surface area contributed by atoms with E-state index < -0.39 is 23.5 Å². The Labute approximate surface area is 158 Å². The summed E-state index contributed by atoms with van der Waals surface area (Å²) in [7, 11) is 0. The van der Waals surface area contributed by atoms with E-state index in [4.69, 9.17) is 4.74 Å². The number of hydrogen-bond acceptors (Lipinski definition) is 4. The number of carbonyl (C=O) groups excluding carboxylic acids is 2. The monoisotopic (exact) mass is 368 g/mol. The molecule has 0 radical (unpaired) electrons. The highest BCUT2D eigenvalue weighted by atomic mass is 16.5. The van der Waals surface area contributed by atoms with Gasteiger partial charge < -0.3 is 19.6 Å².